The zero-order valence-electron chi connectivity index (χ0n) is 21.7. The van der Waals surface area contributed by atoms with Crippen molar-refractivity contribution in [2.45, 2.75) is 30.7 Å². The minimum Gasteiger partial charge on any atom is -0.369 e. The third kappa shape index (κ3) is 5.85. The Bertz CT molecular complexity index is 1380. The van der Waals surface area contributed by atoms with Gasteiger partial charge in [-0.3, -0.25) is 4.90 Å². The molecule has 5 rings (SSSR count). The summed E-state index contributed by atoms with van der Waals surface area (Å²) in [5, 5.41) is 4.52. The Labute approximate surface area is 220 Å². The van der Waals surface area contributed by atoms with E-state index in [2.05, 4.69) is 41.4 Å². The summed E-state index contributed by atoms with van der Waals surface area (Å²) in [6.07, 6.45) is 6.90. The lowest BCUT2D eigenvalue weighted by Gasteiger charge is -2.34. The smallest absolute Gasteiger partial charge is 0.243 e. The molecule has 3 aromatic rings. The highest BCUT2D eigenvalue weighted by atomic mass is 32.2. The molecular formula is C28H36N6O2S. The number of allylic oxidation sites excluding steroid dienone is 1. The Morgan fingerprint density at radius 2 is 1.81 bits per heavy atom. The number of anilines is 1. The maximum Gasteiger partial charge on any atom is 0.243 e. The molecule has 1 saturated heterocycles. The fourth-order valence-corrected chi connectivity index (χ4v) is 6.71. The number of benzene rings is 2. The van der Waals surface area contributed by atoms with E-state index in [1.165, 1.54) is 0 Å². The Hall–Kier alpha value is -2.85. The molecule has 2 aliphatic rings. The molecule has 0 amide bonds. The average molecular weight is 521 g/mol. The number of hydrogen-bond acceptors (Lipinski definition) is 7. The monoisotopic (exact) mass is 520 g/mol. The largest absolute Gasteiger partial charge is 0.369 e. The lowest BCUT2D eigenvalue weighted by molar-refractivity contribution is 0.178. The molecule has 1 N–H and O–H groups in total. The van der Waals surface area contributed by atoms with E-state index in [0.29, 0.717) is 37.6 Å². The summed E-state index contributed by atoms with van der Waals surface area (Å²) in [6.45, 7) is 4.65. The standard InChI is InChI=1S/C28H36N6O2S/c1-32(2)16-8-15-29-28-24-12-5-6-13-25(24)30-27(31-28)21-33-17-19-34(20-18-33)37(35,36)26-14-7-10-22-9-3-4-11-23(22)26/h4-7,10-14H,3,8-9,15-21H2,1-2H3,(H,29,30,31). The van der Waals surface area contributed by atoms with Gasteiger partial charge in [0.2, 0.25) is 10.0 Å². The third-order valence-electron chi connectivity index (χ3n) is 7.06. The number of aromatic nitrogens is 2. The van der Waals surface area contributed by atoms with Crippen LogP contribution >= 0.6 is 0 Å². The van der Waals surface area contributed by atoms with Gasteiger partial charge in [-0.15, -0.1) is 0 Å². The Balaban J connectivity index is 1.26. The fraction of sp³-hybridized carbons (Fsp3) is 0.429. The lowest BCUT2D eigenvalue weighted by atomic mass is 9.98. The number of fused-ring (bicyclic) bond motifs is 2. The molecule has 196 valence electrons. The van der Waals surface area contributed by atoms with Crippen molar-refractivity contribution < 1.29 is 8.42 Å². The van der Waals surface area contributed by atoms with E-state index in [-0.39, 0.29) is 0 Å². The van der Waals surface area contributed by atoms with Crippen LogP contribution in [0.2, 0.25) is 0 Å². The van der Waals surface area contributed by atoms with Crippen LogP contribution in [-0.2, 0) is 23.0 Å². The quantitative estimate of drug-likeness (QED) is 0.433. The van der Waals surface area contributed by atoms with E-state index >= 15 is 0 Å². The summed E-state index contributed by atoms with van der Waals surface area (Å²) in [7, 11) is 0.611. The first-order valence-corrected chi connectivity index (χ1v) is 14.5. The third-order valence-corrected chi connectivity index (χ3v) is 9.02. The van der Waals surface area contributed by atoms with Crippen molar-refractivity contribution in [3.63, 3.8) is 0 Å². The number of sulfonamides is 1. The van der Waals surface area contributed by atoms with Gasteiger partial charge < -0.3 is 10.2 Å². The molecule has 0 saturated carbocycles. The molecule has 0 unspecified atom stereocenters. The van der Waals surface area contributed by atoms with Crippen LogP contribution in [0, 0.1) is 0 Å². The SMILES string of the molecule is CN(C)CCCNc1nc(CN2CCN(S(=O)(=O)c3cccc4c3C=CCC4)CC2)nc2ccccc12. The number of aryl methyl sites for hydroxylation is 1. The van der Waals surface area contributed by atoms with Crippen LogP contribution in [0.5, 0.6) is 0 Å². The highest BCUT2D eigenvalue weighted by Gasteiger charge is 2.31. The molecule has 2 aromatic carbocycles. The van der Waals surface area contributed by atoms with Crippen LogP contribution < -0.4 is 5.32 Å². The normalized spacial score (nSPS) is 16.8. The highest BCUT2D eigenvalue weighted by Crippen LogP contribution is 2.29. The second-order valence-electron chi connectivity index (χ2n) is 10.0. The summed E-state index contributed by atoms with van der Waals surface area (Å²) in [5.74, 6) is 1.62. The van der Waals surface area contributed by atoms with E-state index in [4.69, 9.17) is 9.97 Å². The Morgan fingerprint density at radius 3 is 2.62 bits per heavy atom. The molecule has 1 aliphatic heterocycles. The van der Waals surface area contributed by atoms with Crippen molar-refractivity contribution in [1.29, 1.82) is 0 Å². The van der Waals surface area contributed by atoms with Gasteiger partial charge in [0.05, 0.1) is 17.0 Å². The van der Waals surface area contributed by atoms with Crippen molar-refractivity contribution >= 4 is 32.8 Å². The first-order valence-electron chi connectivity index (χ1n) is 13.1. The zero-order valence-corrected chi connectivity index (χ0v) is 22.5. The van der Waals surface area contributed by atoms with Crippen molar-refractivity contribution in [2.24, 2.45) is 0 Å². The lowest BCUT2D eigenvalue weighted by Crippen LogP contribution is -2.48. The fourth-order valence-electron chi connectivity index (χ4n) is 5.06. The molecule has 1 aliphatic carbocycles. The minimum atomic E-state index is -3.54. The molecule has 1 fully saturated rings. The van der Waals surface area contributed by atoms with Crippen LogP contribution in [0.1, 0.15) is 29.8 Å². The summed E-state index contributed by atoms with van der Waals surface area (Å²) in [4.78, 5) is 14.5. The van der Waals surface area contributed by atoms with E-state index in [9.17, 15) is 8.42 Å². The van der Waals surface area contributed by atoms with Crippen molar-refractivity contribution in [1.82, 2.24) is 24.1 Å². The second kappa shape index (κ2) is 11.3. The summed E-state index contributed by atoms with van der Waals surface area (Å²) < 4.78 is 28.7. The average Bonchev–Trinajstić information content (AvgIpc) is 2.91. The summed E-state index contributed by atoms with van der Waals surface area (Å²) in [5.41, 5.74) is 2.89. The van der Waals surface area contributed by atoms with E-state index in [1.54, 1.807) is 10.4 Å². The maximum absolute atomic E-state index is 13.5. The highest BCUT2D eigenvalue weighted by molar-refractivity contribution is 7.89. The molecule has 2 heterocycles. The molecule has 1 aromatic heterocycles. The molecule has 37 heavy (non-hydrogen) atoms. The van der Waals surface area contributed by atoms with Crippen molar-refractivity contribution in [3.8, 4) is 0 Å². The number of piperazine rings is 1. The summed E-state index contributed by atoms with van der Waals surface area (Å²) >= 11 is 0. The first kappa shape index (κ1) is 25.8. The van der Waals surface area contributed by atoms with Crippen LogP contribution in [0.4, 0.5) is 5.82 Å². The molecule has 8 nitrogen and oxygen atoms in total. The summed E-state index contributed by atoms with van der Waals surface area (Å²) in [6, 6.07) is 13.7. The molecule has 0 bridgehead atoms. The topological polar surface area (TPSA) is 81.7 Å². The van der Waals surface area contributed by atoms with Crippen LogP contribution in [0.25, 0.3) is 17.0 Å². The zero-order chi connectivity index (χ0) is 25.8. The first-order chi connectivity index (χ1) is 17.9. The van der Waals surface area contributed by atoms with Gasteiger partial charge in [-0.1, -0.05) is 36.4 Å². The molecule has 9 heteroatoms. The van der Waals surface area contributed by atoms with E-state index in [0.717, 1.165) is 66.0 Å². The predicted octanol–water partition coefficient (Wildman–Crippen LogP) is 3.46. The minimum absolute atomic E-state index is 0.428. The van der Waals surface area contributed by atoms with Gasteiger partial charge in [-0.05, 0) is 69.2 Å². The molecule has 0 radical (unpaired) electrons. The number of para-hydroxylation sites is 1. The van der Waals surface area contributed by atoms with Gasteiger partial charge >= 0.3 is 0 Å². The van der Waals surface area contributed by atoms with Gasteiger partial charge in [-0.2, -0.15) is 4.31 Å². The Kier molecular flexibility index (Phi) is 7.85. The molecule has 0 atom stereocenters. The van der Waals surface area contributed by atoms with E-state index in [1.807, 2.05) is 36.4 Å². The number of nitrogens with zero attached hydrogens (tertiary/aromatic N) is 5. The second-order valence-corrected chi connectivity index (χ2v) is 11.9. The van der Waals surface area contributed by atoms with E-state index < -0.39 is 10.0 Å². The number of nitrogens with one attached hydrogen (secondary N) is 1. The molecule has 0 spiro atoms. The number of rotatable bonds is 9. The maximum atomic E-state index is 13.5. The van der Waals surface area contributed by atoms with Crippen LogP contribution in [0.15, 0.2) is 53.4 Å². The Morgan fingerprint density at radius 1 is 1.00 bits per heavy atom. The number of hydrogen-bond donors (Lipinski definition) is 1. The van der Waals surface area contributed by atoms with Crippen LogP contribution in [0.3, 0.4) is 0 Å². The van der Waals surface area contributed by atoms with Crippen molar-refractivity contribution in [3.05, 3.63) is 65.5 Å². The van der Waals surface area contributed by atoms with Gasteiger partial charge in [0.1, 0.15) is 11.6 Å². The predicted molar refractivity (Wildman–Crippen MR) is 149 cm³/mol. The van der Waals surface area contributed by atoms with Crippen molar-refractivity contribution in [2.75, 3.05) is 58.7 Å². The van der Waals surface area contributed by atoms with Gasteiger partial charge in [0.25, 0.3) is 0 Å². The molecular weight excluding hydrogens is 484 g/mol. The van der Waals surface area contributed by atoms with Gasteiger partial charge in [0.15, 0.2) is 0 Å². The van der Waals surface area contributed by atoms with Crippen LogP contribution in [-0.4, -0.2) is 85.9 Å². The van der Waals surface area contributed by atoms with Gasteiger partial charge in [-0.25, -0.2) is 18.4 Å². The van der Waals surface area contributed by atoms with Gasteiger partial charge in [0, 0.05) is 38.1 Å².